The quantitative estimate of drug-likeness (QED) is 0.800. The molecule has 0 bridgehead atoms. The zero-order chi connectivity index (χ0) is 18.8. The van der Waals surface area contributed by atoms with Gasteiger partial charge in [0.05, 0.1) is 17.3 Å². The van der Waals surface area contributed by atoms with Crippen molar-refractivity contribution in [1.29, 1.82) is 0 Å². The van der Waals surface area contributed by atoms with Crippen molar-refractivity contribution in [2.45, 2.75) is 59.2 Å². The van der Waals surface area contributed by atoms with E-state index in [-0.39, 0.29) is 17.5 Å². The van der Waals surface area contributed by atoms with Crippen molar-refractivity contribution in [1.82, 2.24) is 15.1 Å². The van der Waals surface area contributed by atoms with E-state index in [0.717, 1.165) is 15.7 Å². The molecule has 0 aliphatic heterocycles. The second-order valence-corrected chi connectivity index (χ2v) is 8.15. The van der Waals surface area contributed by atoms with Crippen molar-refractivity contribution < 1.29 is 9.53 Å². The highest BCUT2D eigenvalue weighted by Crippen LogP contribution is 2.22. The Morgan fingerprint density at radius 3 is 2.36 bits per heavy atom. The summed E-state index contributed by atoms with van der Waals surface area (Å²) in [7, 11) is 0. The normalized spacial score (nSPS) is 14.0. The Morgan fingerprint density at radius 2 is 1.84 bits per heavy atom. The summed E-state index contributed by atoms with van der Waals surface area (Å²) >= 11 is 3.38. The number of amides is 1. The molecule has 1 N–H and O–H groups in total. The van der Waals surface area contributed by atoms with Crippen molar-refractivity contribution in [3.05, 3.63) is 46.2 Å². The SMILES string of the molecule is Cc1nn(C(C)(C)C)cc1[C@@H](C)NC(=O)[C@H](C)Oc1ccc(Br)cc1. The molecular formula is C19H26BrN3O2. The van der Waals surface area contributed by atoms with E-state index in [9.17, 15) is 4.79 Å². The third-order valence-corrected chi connectivity index (χ3v) is 4.47. The van der Waals surface area contributed by atoms with Crippen LogP contribution in [0.15, 0.2) is 34.9 Å². The smallest absolute Gasteiger partial charge is 0.261 e. The van der Waals surface area contributed by atoms with Crippen molar-refractivity contribution in [3.8, 4) is 5.75 Å². The molecule has 0 unspecified atom stereocenters. The van der Waals surface area contributed by atoms with E-state index >= 15 is 0 Å². The molecule has 1 heterocycles. The highest BCUT2D eigenvalue weighted by molar-refractivity contribution is 9.10. The maximum atomic E-state index is 12.4. The summed E-state index contributed by atoms with van der Waals surface area (Å²) < 4.78 is 8.61. The summed E-state index contributed by atoms with van der Waals surface area (Å²) in [6.45, 7) is 12.0. The minimum atomic E-state index is -0.582. The Morgan fingerprint density at radius 1 is 1.24 bits per heavy atom. The van der Waals surface area contributed by atoms with Gasteiger partial charge in [-0.2, -0.15) is 5.10 Å². The van der Waals surface area contributed by atoms with Gasteiger partial charge >= 0.3 is 0 Å². The van der Waals surface area contributed by atoms with Crippen LogP contribution in [-0.4, -0.2) is 21.8 Å². The topological polar surface area (TPSA) is 56.2 Å². The molecule has 0 spiro atoms. The number of hydrogen-bond acceptors (Lipinski definition) is 3. The fourth-order valence-electron chi connectivity index (χ4n) is 2.42. The molecule has 0 saturated carbocycles. The average Bonchev–Trinajstić information content (AvgIpc) is 2.91. The number of halogens is 1. The largest absolute Gasteiger partial charge is 0.481 e. The number of nitrogens with zero attached hydrogens (tertiary/aromatic N) is 2. The summed E-state index contributed by atoms with van der Waals surface area (Å²) in [4.78, 5) is 12.4. The molecule has 25 heavy (non-hydrogen) atoms. The van der Waals surface area contributed by atoms with Gasteiger partial charge in [0.2, 0.25) is 0 Å². The molecule has 2 atom stereocenters. The van der Waals surface area contributed by atoms with Crippen LogP contribution in [0.2, 0.25) is 0 Å². The lowest BCUT2D eigenvalue weighted by molar-refractivity contribution is -0.127. The monoisotopic (exact) mass is 407 g/mol. The highest BCUT2D eigenvalue weighted by atomic mass is 79.9. The van der Waals surface area contributed by atoms with Crippen LogP contribution in [-0.2, 0) is 10.3 Å². The van der Waals surface area contributed by atoms with Crippen molar-refractivity contribution >= 4 is 21.8 Å². The molecule has 0 saturated heterocycles. The number of carbonyl (C=O) groups excluding carboxylic acids is 1. The Hall–Kier alpha value is -1.82. The van der Waals surface area contributed by atoms with Crippen LogP contribution in [0.25, 0.3) is 0 Å². The highest BCUT2D eigenvalue weighted by Gasteiger charge is 2.22. The van der Waals surface area contributed by atoms with Gasteiger partial charge in [-0.3, -0.25) is 9.48 Å². The minimum absolute atomic E-state index is 0.0925. The predicted octanol–water partition coefficient (Wildman–Crippen LogP) is 4.35. The molecule has 0 radical (unpaired) electrons. The summed E-state index contributed by atoms with van der Waals surface area (Å²) in [5, 5.41) is 7.57. The van der Waals surface area contributed by atoms with E-state index in [1.165, 1.54) is 0 Å². The number of benzene rings is 1. The number of rotatable bonds is 5. The standard InChI is InChI=1S/C19H26BrN3O2/c1-12(17-11-23(19(4,5)6)22-13(17)2)21-18(24)14(3)25-16-9-7-15(20)8-10-16/h7-12,14H,1-6H3,(H,21,24)/t12-,14+/m1/s1. The van der Waals surface area contributed by atoms with Gasteiger partial charge in [0.25, 0.3) is 5.91 Å². The number of aromatic nitrogens is 2. The molecule has 2 aromatic rings. The van der Waals surface area contributed by atoms with Crippen LogP contribution >= 0.6 is 15.9 Å². The van der Waals surface area contributed by atoms with E-state index in [1.807, 2.05) is 49.0 Å². The molecule has 136 valence electrons. The maximum Gasteiger partial charge on any atom is 0.261 e. The zero-order valence-corrected chi connectivity index (χ0v) is 17.2. The first-order valence-electron chi connectivity index (χ1n) is 8.37. The molecular weight excluding hydrogens is 382 g/mol. The van der Waals surface area contributed by atoms with E-state index in [0.29, 0.717) is 5.75 Å². The lowest BCUT2D eigenvalue weighted by Gasteiger charge is -2.20. The van der Waals surface area contributed by atoms with Crippen LogP contribution in [0.4, 0.5) is 0 Å². The Bertz CT molecular complexity index is 732. The lowest BCUT2D eigenvalue weighted by atomic mass is 10.1. The van der Waals surface area contributed by atoms with Gasteiger partial charge in [0.1, 0.15) is 5.75 Å². The second kappa shape index (κ2) is 7.60. The van der Waals surface area contributed by atoms with Crippen molar-refractivity contribution in [2.24, 2.45) is 0 Å². The average molecular weight is 408 g/mol. The number of hydrogen-bond donors (Lipinski definition) is 1. The predicted molar refractivity (Wildman–Crippen MR) is 103 cm³/mol. The van der Waals surface area contributed by atoms with Crippen LogP contribution < -0.4 is 10.1 Å². The van der Waals surface area contributed by atoms with Gasteiger partial charge in [0.15, 0.2) is 6.10 Å². The lowest BCUT2D eigenvalue weighted by Crippen LogP contribution is -2.37. The van der Waals surface area contributed by atoms with Crippen molar-refractivity contribution in [2.75, 3.05) is 0 Å². The van der Waals surface area contributed by atoms with Crippen LogP contribution in [0.5, 0.6) is 5.75 Å². The number of ether oxygens (including phenoxy) is 1. The van der Waals surface area contributed by atoms with Gasteiger partial charge in [-0.05, 0) is 65.8 Å². The molecule has 1 aromatic carbocycles. The third kappa shape index (κ3) is 5.08. The molecule has 1 amide bonds. The van der Waals surface area contributed by atoms with Gasteiger partial charge in [-0.25, -0.2) is 0 Å². The Kier molecular flexibility index (Phi) is 5.93. The van der Waals surface area contributed by atoms with E-state index in [2.05, 4.69) is 47.1 Å². The molecule has 0 aliphatic carbocycles. The van der Waals surface area contributed by atoms with Crippen molar-refractivity contribution in [3.63, 3.8) is 0 Å². The van der Waals surface area contributed by atoms with Gasteiger partial charge < -0.3 is 10.1 Å². The third-order valence-electron chi connectivity index (χ3n) is 3.95. The molecule has 2 rings (SSSR count). The minimum Gasteiger partial charge on any atom is -0.481 e. The number of aryl methyl sites for hydroxylation is 1. The summed E-state index contributed by atoms with van der Waals surface area (Å²) in [6.07, 6.45) is 1.42. The van der Waals surface area contributed by atoms with E-state index in [4.69, 9.17) is 4.74 Å². The fourth-order valence-corrected chi connectivity index (χ4v) is 2.69. The first-order valence-corrected chi connectivity index (χ1v) is 9.16. The van der Waals surface area contributed by atoms with Gasteiger partial charge in [-0.15, -0.1) is 0 Å². The Labute approximate surface area is 157 Å². The second-order valence-electron chi connectivity index (χ2n) is 7.23. The van der Waals surface area contributed by atoms with E-state index < -0.39 is 6.10 Å². The molecule has 0 aliphatic rings. The number of carbonyl (C=O) groups is 1. The molecule has 6 heteroatoms. The number of nitrogens with one attached hydrogen (secondary N) is 1. The van der Waals surface area contributed by atoms with Crippen LogP contribution in [0.3, 0.4) is 0 Å². The first-order chi connectivity index (χ1) is 11.6. The first kappa shape index (κ1) is 19.5. The molecule has 1 aromatic heterocycles. The fraction of sp³-hybridized carbons (Fsp3) is 0.474. The molecule has 0 fully saturated rings. The zero-order valence-electron chi connectivity index (χ0n) is 15.6. The van der Waals surface area contributed by atoms with Crippen LogP contribution in [0, 0.1) is 6.92 Å². The maximum absolute atomic E-state index is 12.4. The van der Waals surface area contributed by atoms with Gasteiger partial charge in [0, 0.05) is 16.2 Å². The summed E-state index contributed by atoms with van der Waals surface area (Å²) in [5.74, 6) is 0.508. The molecule has 5 nitrogen and oxygen atoms in total. The summed E-state index contributed by atoms with van der Waals surface area (Å²) in [5.41, 5.74) is 1.84. The Balaban J connectivity index is 2.02. The van der Waals surface area contributed by atoms with Crippen LogP contribution in [0.1, 0.15) is 51.9 Å². The van der Waals surface area contributed by atoms with Gasteiger partial charge in [-0.1, -0.05) is 15.9 Å². The summed E-state index contributed by atoms with van der Waals surface area (Å²) in [6, 6.07) is 7.28. The van der Waals surface area contributed by atoms with E-state index in [1.54, 1.807) is 6.92 Å².